The minimum atomic E-state index is -0.211. The van der Waals surface area contributed by atoms with Crippen molar-refractivity contribution in [2.45, 2.75) is 0 Å². The third kappa shape index (κ3) is 3.97. The quantitative estimate of drug-likeness (QED) is 0.458. The predicted molar refractivity (Wildman–Crippen MR) is 31.8 cm³/mol. The summed E-state index contributed by atoms with van der Waals surface area (Å²) in [5.74, 6) is 0. The van der Waals surface area contributed by atoms with Gasteiger partial charge in [0, 0.05) is 19.5 Å². The Morgan fingerprint density at radius 2 is 1.50 bits per heavy atom. The van der Waals surface area contributed by atoms with Crippen molar-refractivity contribution in [3.8, 4) is 0 Å². The fourth-order valence-electron chi connectivity index (χ4n) is 0.484. The molecule has 1 aliphatic rings. The Morgan fingerprint density at radius 1 is 1.10 bits per heavy atom. The third-order valence-electron chi connectivity index (χ3n) is 0.913. The van der Waals surface area contributed by atoms with E-state index in [1.165, 1.54) is 12.2 Å². The normalized spacial score (nSPS) is 15.9. The second-order valence-corrected chi connectivity index (χ2v) is 1.63. The van der Waals surface area contributed by atoms with Gasteiger partial charge in [0.1, 0.15) is 0 Å². The van der Waals surface area contributed by atoms with Crippen LogP contribution in [0.2, 0.25) is 0 Å². The van der Waals surface area contributed by atoms with Crippen molar-refractivity contribution in [1.82, 2.24) is 0 Å². The van der Waals surface area contributed by atoms with Crippen LogP contribution in [0, 0.1) is 6.17 Å². The number of rotatable bonds is 0. The van der Waals surface area contributed by atoms with Gasteiger partial charge in [-0.2, -0.15) is 0 Å². The predicted octanol–water partition coefficient (Wildman–Crippen LogP) is -0.828. The molecule has 0 unspecified atom stereocenters. The van der Waals surface area contributed by atoms with Crippen LogP contribution in [-0.2, 0) is 19.5 Å². The first-order chi connectivity index (χ1) is 3.79. The van der Waals surface area contributed by atoms with Gasteiger partial charge in [0.15, 0.2) is 6.17 Å². The summed E-state index contributed by atoms with van der Waals surface area (Å²) in [6.45, 7) is 3.60. The van der Waals surface area contributed by atoms with Crippen LogP contribution in [0.25, 0.3) is 0 Å². The third-order valence-corrected chi connectivity index (χ3v) is 0.913. The van der Waals surface area contributed by atoms with Crippen LogP contribution >= 0.6 is 0 Å². The molecular formula is C7H6ClFZn-. The minimum absolute atomic E-state index is 0. The SMILES string of the molecule is C=C1C=C[C](F)C=C1.[Cl-].[Zn]. The van der Waals surface area contributed by atoms with Gasteiger partial charge in [-0.1, -0.05) is 18.7 Å². The molecule has 0 saturated carbocycles. The van der Waals surface area contributed by atoms with Crippen LogP contribution < -0.4 is 12.4 Å². The number of hydrogen-bond acceptors (Lipinski definition) is 0. The van der Waals surface area contributed by atoms with Crippen LogP contribution in [0.15, 0.2) is 36.5 Å². The standard InChI is InChI=1S/C7H6F.ClH.Zn/c1-6-2-4-7(8)5-3-6;;/h2-5H,1H2;1H;/p-1. The first-order valence-electron chi connectivity index (χ1n) is 2.36. The Bertz CT molecular complexity index is 147. The minimum Gasteiger partial charge on any atom is -1.00 e. The van der Waals surface area contributed by atoms with E-state index in [1.54, 1.807) is 12.2 Å². The van der Waals surface area contributed by atoms with Crippen molar-refractivity contribution in [3.05, 3.63) is 42.6 Å². The summed E-state index contributed by atoms with van der Waals surface area (Å²) >= 11 is 0. The molecule has 0 aliphatic heterocycles. The molecule has 0 amide bonds. The van der Waals surface area contributed by atoms with Gasteiger partial charge < -0.3 is 12.4 Å². The number of allylic oxidation sites excluding steroid dienone is 5. The van der Waals surface area contributed by atoms with Crippen molar-refractivity contribution in [1.29, 1.82) is 0 Å². The van der Waals surface area contributed by atoms with Gasteiger partial charge in [0.25, 0.3) is 0 Å². The molecule has 0 saturated heterocycles. The molecule has 51 valence electrons. The summed E-state index contributed by atoms with van der Waals surface area (Å²) in [4.78, 5) is 0. The first-order valence-corrected chi connectivity index (χ1v) is 2.36. The molecule has 0 fully saturated rings. The van der Waals surface area contributed by atoms with E-state index in [2.05, 4.69) is 6.58 Å². The van der Waals surface area contributed by atoms with E-state index < -0.39 is 0 Å². The summed E-state index contributed by atoms with van der Waals surface area (Å²) in [7, 11) is 0. The Morgan fingerprint density at radius 3 is 1.80 bits per heavy atom. The molecular weight excluding hydrogens is 204 g/mol. The number of halogens is 2. The van der Waals surface area contributed by atoms with E-state index in [9.17, 15) is 4.39 Å². The Labute approximate surface area is 79.1 Å². The molecule has 0 N–H and O–H groups in total. The maximum Gasteiger partial charge on any atom is 0.189 e. The molecule has 0 aromatic rings. The molecule has 0 bridgehead atoms. The number of hydrogen-bond donors (Lipinski definition) is 0. The maximum absolute atomic E-state index is 12.1. The van der Waals surface area contributed by atoms with E-state index in [0.29, 0.717) is 0 Å². The summed E-state index contributed by atoms with van der Waals surface area (Å²) in [6.07, 6.45) is 5.84. The van der Waals surface area contributed by atoms with Crippen LogP contribution in [0.1, 0.15) is 0 Å². The van der Waals surface area contributed by atoms with Gasteiger partial charge in [-0.15, -0.1) is 0 Å². The van der Waals surface area contributed by atoms with Gasteiger partial charge in [-0.3, -0.25) is 0 Å². The zero-order valence-electron chi connectivity index (χ0n) is 5.48. The molecule has 1 rings (SSSR count). The molecule has 0 aromatic carbocycles. The average Bonchev–Trinajstić information content (AvgIpc) is 1.77. The van der Waals surface area contributed by atoms with Crippen molar-refractivity contribution < 1.29 is 36.3 Å². The molecule has 1 radical (unpaired) electrons. The summed E-state index contributed by atoms with van der Waals surface area (Å²) in [6, 6.07) is 0. The van der Waals surface area contributed by atoms with E-state index in [4.69, 9.17) is 0 Å². The molecule has 0 aromatic heterocycles. The van der Waals surface area contributed by atoms with Crippen molar-refractivity contribution in [3.63, 3.8) is 0 Å². The maximum atomic E-state index is 12.1. The molecule has 10 heavy (non-hydrogen) atoms. The van der Waals surface area contributed by atoms with Crippen LogP contribution in [-0.4, -0.2) is 0 Å². The zero-order chi connectivity index (χ0) is 5.98. The van der Waals surface area contributed by atoms with Gasteiger partial charge in [0.05, 0.1) is 0 Å². The second kappa shape index (κ2) is 5.82. The monoisotopic (exact) mass is 208 g/mol. The van der Waals surface area contributed by atoms with Crippen molar-refractivity contribution in [2.75, 3.05) is 0 Å². The zero-order valence-corrected chi connectivity index (χ0v) is 9.20. The van der Waals surface area contributed by atoms with E-state index in [-0.39, 0.29) is 38.1 Å². The average molecular weight is 210 g/mol. The Kier molecular flexibility index (Phi) is 7.40. The Balaban J connectivity index is 0. The molecule has 1 aliphatic carbocycles. The van der Waals surface area contributed by atoms with Gasteiger partial charge in [-0.25, -0.2) is 4.39 Å². The largest absolute Gasteiger partial charge is 1.00 e. The van der Waals surface area contributed by atoms with Crippen molar-refractivity contribution in [2.24, 2.45) is 0 Å². The second-order valence-electron chi connectivity index (χ2n) is 1.63. The molecule has 0 heterocycles. The molecule has 0 spiro atoms. The van der Waals surface area contributed by atoms with Crippen LogP contribution in [0.4, 0.5) is 4.39 Å². The summed E-state index contributed by atoms with van der Waals surface area (Å²) < 4.78 is 12.1. The topological polar surface area (TPSA) is 0 Å². The van der Waals surface area contributed by atoms with E-state index in [1.807, 2.05) is 0 Å². The van der Waals surface area contributed by atoms with E-state index in [0.717, 1.165) is 5.57 Å². The fraction of sp³-hybridized carbons (Fsp3) is 0. The van der Waals surface area contributed by atoms with Crippen molar-refractivity contribution >= 4 is 0 Å². The molecule has 0 nitrogen and oxygen atoms in total. The Hall–Kier alpha value is 0.0634. The van der Waals surface area contributed by atoms with E-state index >= 15 is 0 Å². The fourth-order valence-corrected chi connectivity index (χ4v) is 0.484. The summed E-state index contributed by atoms with van der Waals surface area (Å²) in [5, 5.41) is 0. The van der Waals surface area contributed by atoms with Gasteiger partial charge in [0.2, 0.25) is 0 Å². The van der Waals surface area contributed by atoms with Gasteiger partial charge >= 0.3 is 0 Å². The molecule has 3 heteroatoms. The van der Waals surface area contributed by atoms with Gasteiger partial charge in [-0.05, 0) is 17.7 Å². The summed E-state index contributed by atoms with van der Waals surface area (Å²) in [5.41, 5.74) is 0.839. The van der Waals surface area contributed by atoms with Crippen LogP contribution in [0.5, 0.6) is 0 Å². The first kappa shape index (κ1) is 12.7. The smallest absolute Gasteiger partial charge is 0.189 e. The van der Waals surface area contributed by atoms with Crippen LogP contribution in [0.3, 0.4) is 0 Å². The molecule has 0 atom stereocenters.